The van der Waals surface area contributed by atoms with Gasteiger partial charge in [-0.25, -0.2) is 8.78 Å². The van der Waals surface area contributed by atoms with Crippen LogP contribution in [0.25, 0.3) is 0 Å². The molecule has 0 fully saturated rings. The molecule has 1 aromatic rings. The quantitative estimate of drug-likeness (QED) is 0.915. The Balaban J connectivity index is 0.00000289. The molecule has 1 rings (SSSR count). The van der Waals surface area contributed by atoms with Crippen LogP contribution in [0.15, 0.2) is 18.2 Å². The molecule has 102 valence electrons. The molecule has 1 amide bonds. The third kappa shape index (κ3) is 4.23. The molecule has 0 radical (unpaired) electrons. The molecular weight excluding hydrogens is 262 g/mol. The number of benzene rings is 1. The number of nitrogens with zero attached hydrogens (tertiary/aromatic N) is 1. The molecule has 0 aromatic heterocycles. The number of rotatable bonds is 4. The van der Waals surface area contributed by atoms with Crippen LogP contribution in [-0.4, -0.2) is 24.4 Å². The first-order chi connectivity index (χ1) is 7.95. The van der Waals surface area contributed by atoms with Crippen molar-refractivity contribution in [2.45, 2.75) is 13.5 Å². The van der Waals surface area contributed by atoms with Crippen molar-refractivity contribution >= 4 is 18.3 Å². The van der Waals surface area contributed by atoms with E-state index in [1.165, 1.54) is 17.0 Å². The Morgan fingerprint density at radius 3 is 2.56 bits per heavy atom. The van der Waals surface area contributed by atoms with Crippen molar-refractivity contribution in [3.8, 4) is 0 Å². The van der Waals surface area contributed by atoms with Crippen molar-refractivity contribution in [2.75, 3.05) is 13.6 Å². The number of carbonyl (C=O) groups excluding carboxylic acids is 1. The van der Waals surface area contributed by atoms with Gasteiger partial charge in [-0.05, 0) is 6.07 Å². The molecule has 0 heterocycles. The second-order valence-electron chi connectivity index (χ2n) is 4.07. The Morgan fingerprint density at radius 2 is 2.06 bits per heavy atom. The molecule has 0 aliphatic rings. The summed E-state index contributed by atoms with van der Waals surface area (Å²) in [5.41, 5.74) is 5.67. The zero-order valence-electron chi connectivity index (χ0n) is 10.3. The van der Waals surface area contributed by atoms with Crippen LogP contribution in [0.4, 0.5) is 8.78 Å². The summed E-state index contributed by atoms with van der Waals surface area (Å²) in [6.07, 6.45) is 0. The van der Waals surface area contributed by atoms with Gasteiger partial charge >= 0.3 is 0 Å². The molecule has 0 spiro atoms. The largest absolute Gasteiger partial charge is 0.341 e. The van der Waals surface area contributed by atoms with Crippen LogP contribution in [0.3, 0.4) is 0 Å². The van der Waals surface area contributed by atoms with Gasteiger partial charge in [-0.15, -0.1) is 12.4 Å². The molecule has 0 aliphatic heterocycles. The Hall–Kier alpha value is -1.20. The summed E-state index contributed by atoms with van der Waals surface area (Å²) >= 11 is 0. The van der Waals surface area contributed by atoms with E-state index in [4.69, 9.17) is 5.73 Å². The molecule has 6 heteroatoms. The molecule has 0 aliphatic carbocycles. The lowest BCUT2D eigenvalue weighted by Crippen LogP contribution is -2.34. The maximum atomic E-state index is 13.4. The van der Waals surface area contributed by atoms with Crippen LogP contribution in [0, 0.1) is 17.6 Å². The maximum absolute atomic E-state index is 13.4. The fourth-order valence-corrected chi connectivity index (χ4v) is 1.46. The fraction of sp³-hybridized carbons (Fsp3) is 0.417. The monoisotopic (exact) mass is 278 g/mol. The Labute approximate surface area is 111 Å². The van der Waals surface area contributed by atoms with Crippen molar-refractivity contribution in [3.05, 3.63) is 35.4 Å². The third-order valence-electron chi connectivity index (χ3n) is 2.57. The Bertz CT molecular complexity index is 415. The Morgan fingerprint density at radius 1 is 1.44 bits per heavy atom. The van der Waals surface area contributed by atoms with E-state index < -0.39 is 11.6 Å². The van der Waals surface area contributed by atoms with Gasteiger partial charge < -0.3 is 10.6 Å². The van der Waals surface area contributed by atoms with Gasteiger partial charge in [0.05, 0.1) is 0 Å². The van der Waals surface area contributed by atoms with E-state index in [9.17, 15) is 13.6 Å². The predicted octanol–water partition coefficient (Wildman–Crippen LogP) is 1.94. The van der Waals surface area contributed by atoms with E-state index in [0.29, 0.717) is 0 Å². The van der Waals surface area contributed by atoms with E-state index in [-0.39, 0.29) is 42.9 Å². The second-order valence-corrected chi connectivity index (χ2v) is 4.07. The second kappa shape index (κ2) is 7.28. The fourth-order valence-electron chi connectivity index (χ4n) is 1.46. The van der Waals surface area contributed by atoms with Crippen molar-refractivity contribution < 1.29 is 13.6 Å². The van der Waals surface area contributed by atoms with Gasteiger partial charge in [-0.2, -0.15) is 0 Å². The lowest BCUT2D eigenvalue weighted by Gasteiger charge is -2.20. The molecule has 3 nitrogen and oxygen atoms in total. The highest BCUT2D eigenvalue weighted by atomic mass is 35.5. The molecule has 1 aromatic carbocycles. The normalized spacial score (nSPS) is 11.6. The first-order valence-corrected chi connectivity index (χ1v) is 5.34. The van der Waals surface area contributed by atoms with Crippen molar-refractivity contribution in [2.24, 2.45) is 11.7 Å². The third-order valence-corrected chi connectivity index (χ3v) is 2.57. The minimum absolute atomic E-state index is 0. The lowest BCUT2D eigenvalue weighted by atomic mass is 10.1. The maximum Gasteiger partial charge on any atom is 0.226 e. The average Bonchev–Trinajstić information content (AvgIpc) is 2.30. The molecule has 1 unspecified atom stereocenters. The van der Waals surface area contributed by atoms with Crippen LogP contribution >= 0.6 is 12.4 Å². The molecular formula is C12H17ClF2N2O. The topological polar surface area (TPSA) is 46.3 Å². The highest BCUT2D eigenvalue weighted by Crippen LogP contribution is 2.12. The highest BCUT2D eigenvalue weighted by Gasteiger charge is 2.17. The van der Waals surface area contributed by atoms with Gasteiger partial charge in [0.1, 0.15) is 11.6 Å². The number of hydrogen-bond donors (Lipinski definition) is 1. The van der Waals surface area contributed by atoms with Gasteiger partial charge in [0.15, 0.2) is 0 Å². The molecule has 0 saturated heterocycles. The standard InChI is InChI=1S/C12H16F2N2O.ClH/c1-8(6-15)12(17)16(2)7-9-3-4-10(13)5-11(9)14;/h3-5,8H,6-7,15H2,1-2H3;1H. The number of amides is 1. The molecule has 0 saturated carbocycles. The summed E-state index contributed by atoms with van der Waals surface area (Å²) in [6, 6.07) is 3.31. The van der Waals surface area contributed by atoms with Crippen molar-refractivity contribution in [3.63, 3.8) is 0 Å². The summed E-state index contributed by atoms with van der Waals surface area (Å²) in [4.78, 5) is 13.1. The number of hydrogen-bond acceptors (Lipinski definition) is 2. The van der Waals surface area contributed by atoms with Crippen LogP contribution in [0.1, 0.15) is 12.5 Å². The first-order valence-electron chi connectivity index (χ1n) is 5.34. The van der Waals surface area contributed by atoms with Crippen molar-refractivity contribution in [1.82, 2.24) is 4.90 Å². The van der Waals surface area contributed by atoms with E-state index >= 15 is 0 Å². The van der Waals surface area contributed by atoms with E-state index in [0.717, 1.165) is 6.07 Å². The SMILES string of the molecule is CC(CN)C(=O)N(C)Cc1ccc(F)cc1F.Cl. The summed E-state index contributed by atoms with van der Waals surface area (Å²) in [5.74, 6) is -1.74. The number of halogens is 3. The lowest BCUT2D eigenvalue weighted by molar-refractivity contribution is -0.133. The molecule has 1 atom stereocenters. The van der Waals surface area contributed by atoms with Gasteiger partial charge in [-0.3, -0.25) is 4.79 Å². The zero-order valence-corrected chi connectivity index (χ0v) is 11.1. The summed E-state index contributed by atoms with van der Waals surface area (Å²) < 4.78 is 26.0. The average molecular weight is 279 g/mol. The summed E-state index contributed by atoms with van der Waals surface area (Å²) in [6.45, 7) is 2.06. The van der Waals surface area contributed by atoms with Gasteiger partial charge in [0.2, 0.25) is 5.91 Å². The van der Waals surface area contributed by atoms with Crippen LogP contribution < -0.4 is 5.73 Å². The van der Waals surface area contributed by atoms with Crippen LogP contribution in [0.2, 0.25) is 0 Å². The van der Waals surface area contributed by atoms with E-state index in [2.05, 4.69) is 0 Å². The Kier molecular flexibility index (Phi) is 6.80. The van der Waals surface area contributed by atoms with Crippen molar-refractivity contribution in [1.29, 1.82) is 0 Å². The van der Waals surface area contributed by atoms with Gasteiger partial charge in [0.25, 0.3) is 0 Å². The molecule has 2 N–H and O–H groups in total. The van der Waals surface area contributed by atoms with E-state index in [1.807, 2.05) is 0 Å². The van der Waals surface area contributed by atoms with Crippen LogP contribution in [0.5, 0.6) is 0 Å². The van der Waals surface area contributed by atoms with Gasteiger partial charge in [0, 0.05) is 37.7 Å². The van der Waals surface area contributed by atoms with Crippen LogP contribution in [-0.2, 0) is 11.3 Å². The minimum atomic E-state index is -0.648. The minimum Gasteiger partial charge on any atom is -0.341 e. The van der Waals surface area contributed by atoms with E-state index in [1.54, 1.807) is 14.0 Å². The number of carbonyl (C=O) groups is 1. The van der Waals surface area contributed by atoms with Gasteiger partial charge in [-0.1, -0.05) is 13.0 Å². The summed E-state index contributed by atoms with van der Waals surface area (Å²) in [5, 5.41) is 0. The summed E-state index contributed by atoms with van der Waals surface area (Å²) in [7, 11) is 1.57. The zero-order chi connectivity index (χ0) is 13.0. The molecule has 18 heavy (non-hydrogen) atoms. The highest BCUT2D eigenvalue weighted by molar-refractivity contribution is 5.85. The number of nitrogens with two attached hydrogens (primary N) is 1. The molecule has 0 bridgehead atoms. The first kappa shape index (κ1) is 16.8. The smallest absolute Gasteiger partial charge is 0.226 e. The predicted molar refractivity (Wildman–Crippen MR) is 68.3 cm³/mol.